The van der Waals surface area contributed by atoms with Crippen LogP contribution in [-0.2, 0) is 32.9 Å². The molecule has 0 bridgehead atoms. The molecule has 43 heavy (non-hydrogen) atoms. The Labute approximate surface area is 266 Å². The molecular weight excluding hydrogens is 641 g/mol. The molecule has 3 rings (SSSR count). The Morgan fingerprint density at radius 3 is 1.67 bits per heavy atom. The van der Waals surface area contributed by atoms with Gasteiger partial charge in [-0.15, -0.1) is 0 Å². The second kappa shape index (κ2) is 14.0. The molecular formula is C29H34Cl3NO9Si. The molecule has 1 aliphatic heterocycles. The van der Waals surface area contributed by atoms with E-state index in [1.54, 1.807) is 36.4 Å². The molecule has 1 aliphatic rings. The summed E-state index contributed by atoms with van der Waals surface area (Å²) in [6.07, 6.45) is -7.79. The molecule has 1 saturated heterocycles. The Bertz CT molecular complexity index is 1300. The molecule has 234 valence electrons. The number of benzene rings is 2. The second-order valence-electron chi connectivity index (χ2n) is 11.2. The summed E-state index contributed by atoms with van der Waals surface area (Å²) in [5, 5.41) is 7.79. The van der Waals surface area contributed by atoms with Crippen LogP contribution in [0.3, 0.4) is 0 Å². The number of carbonyl (C=O) groups excluding carboxylic acids is 3. The van der Waals surface area contributed by atoms with Gasteiger partial charge in [0.05, 0.1) is 18.2 Å². The van der Waals surface area contributed by atoms with E-state index in [0.29, 0.717) is 0 Å². The van der Waals surface area contributed by atoms with Crippen LogP contribution < -0.4 is 0 Å². The van der Waals surface area contributed by atoms with Crippen LogP contribution in [0, 0.1) is 5.41 Å². The van der Waals surface area contributed by atoms with Crippen molar-refractivity contribution in [3.63, 3.8) is 0 Å². The zero-order valence-electron chi connectivity index (χ0n) is 24.5. The molecule has 0 spiro atoms. The highest BCUT2D eigenvalue weighted by molar-refractivity contribution is 6.76. The topological polar surface area (TPSA) is 130 Å². The number of rotatable bonds is 8. The lowest BCUT2D eigenvalue weighted by Crippen LogP contribution is -2.66. The van der Waals surface area contributed by atoms with Crippen molar-refractivity contribution in [2.24, 2.45) is 0 Å². The number of halogens is 3. The van der Waals surface area contributed by atoms with Crippen LogP contribution >= 0.6 is 34.8 Å². The van der Waals surface area contributed by atoms with Crippen molar-refractivity contribution in [2.45, 2.75) is 73.4 Å². The number of carbonyl (C=O) groups is 3. The number of ether oxygens (including phenoxy) is 5. The first kappa shape index (κ1) is 34.8. The Kier molecular flexibility index (Phi) is 11.3. The Morgan fingerprint density at radius 2 is 1.26 bits per heavy atom. The average Bonchev–Trinajstić information content (AvgIpc) is 2.94. The van der Waals surface area contributed by atoms with E-state index in [-0.39, 0.29) is 16.2 Å². The predicted octanol–water partition coefficient (Wildman–Crippen LogP) is 6.09. The summed E-state index contributed by atoms with van der Waals surface area (Å²) in [7, 11) is -1.61. The third-order valence-electron chi connectivity index (χ3n) is 7.16. The smallest absolute Gasteiger partial charge is 0.338 e. The minimum Gasteiger partial charge on any atom is -0.467 e. The molecule has 0 saturated carbocycles. The van der Waals surface area contributed by atoms with Gasteiger partial charge in [-0.05, 0) is 42.4 Å². The van der Waals surface area contributed by atoms with E-state index in [1.807, 2.05) is 33.9 Å². The van der Waals surface area contributed by atoms with Gasteiger partial charge in [-0.1, -0.05) is 92.0 Å². The summed E-state index contributed by atoms with van der Waals surface area (Å²) < 4.78 is 32.6. The van der Waals surface area contributed by atoms with E-state index >= 15 is 0 Å². The monoisotopic (exact) mass is 673 g/mol. The van der Waals surface area contributed by atoms with Crippen LogP contribution in [0.2, 0.25) is 18.1 Å². The minimum atomic E-state index is -2.75. The fraction of sp³-hybridized carbons (Fsp3) is 0.448. The maximum Gasteiger partial charge on any atom is 0.338 e. The van der Waals surface area contributed by atoms with E-state index in [9.17, 15) is 14.4 Å². The zero-order chi connectivity index (χ0) is 32.2. The predicted molar refractivity (Wildman–Crippen MR) is 163 cm³/mol. The van der Waals surface area contributed by atoms with E-state index in [4.69, 9.17) is 68.3 Å². The molecule has 1 fully saturated rings. The molecule has 1 N–H and O–H groups in total. The van der Waals surface area contributed by atoms with Crippen LogP contribution in [0.4, 0.5) is 0 Å². The molecule has 0 amide bonds. The molecule has 0 aliphatic carbocycles. The first-order valence-electron chi connectivity index (χ1n) is 13.2. The molecule has 0 radical (unpaired) electrons. The maximum absolute atomic E-state index is 13.4. The summed E-state index contributed by atoms with van der Waals surface area (Å²) in [5.41, 5.74) is 0.331. The first-order chi connectivity index (χ1) is 20.0. The summed E-state index contributed by atoms with van der Waals surface area (Å²) in [6, 6.07) is 16.1. The lowest BCUT2D eigenvalue weighted by atomic mass is 9.98. The molecule has 5 atom stereocenters. The van der Waals surface area contributed by atoms with E-state index < -0.39 is 66.6 Å². The van der Waals surface area contributed by atoms with Crippen molar-refractivity contribution in [1.29, 1.82) is 5.41 Å². The molecule has 2 aromatic rings. The van der Waals surface area contributed by atoms with Gasteiger partial charge in [-0.25, -0.2) is 14.4 Å². The van der Waals surface area contributed by atoms with Gasteiger partial charge in [0.15, 0.2) is 20.5 Å². The highest BCUT2D eigenvalue weighted by Crippen LogP contribution is 2.41. The summed E-state index contributed by atoms with van der Waals surface area (Å²) >= 11 is 17.6. The number of alkyl halides is 3. The van der Waals surface area contributed by atoms with Crippen molar-refractivity contribution in [1.82, 2.24) is 0 Å². The lowest BCUT2D eigenvalue weighted by Gasteiger charge is -2.48. The zero-order valence-corrected chi connectivity index (χ0v) is 27.7. The van der Waals surface area contributed by atoms with Gasteiger partial charge in [0, 0.05) is 0 Å². The molecule has 10 nitrogen and oxygen atoms in total. The average molecular weight is 675 g/mol. The van der Waals surface area contributed by atoms with Crippen LogP contribution in [0.25, 0.3) is 0 Å². The SMILES string of the molecule is COC(=O)C1O[C@@H](OC(=N)C(Cl)(Cl)Cl)C(OC(=O)c2ccccc2)[C@@H](OC(=O)c2ccccc2)[C@H]1O[Si](C)(C)C(C)(C)C. The molecule has 2 unspecified atom stereocenters. The van der Waals surface area contributed by atoms with E-state index in [1.165, 1.54) is 24.3 Å². The fourth-order valence-corrected chi connectivity index (χ4v) is 5.26. The quantitative estimate of drug-likeness (QED) is 0.0883. The Morgan fingerprint density at radius 1 is 0.791 bits per heavy atom. The van der Waals surface area contributed by atoms with Gasteiger partial charge >= 0.3 is 17.9 Å². The van der Waals surface area contributed by atoms with Gasteiger partial charge in [-0.2, -0.15) is 0 Å². The summed E-state index contributed by atoms with van der Waals surface area (Å²) in [5.74, 6) is -3.45. The number of nitrogens with one attached hydrogen (secondary N) is 1. The van der Waals surface area contributed by atoms with Crippen molar-refractivity contribution in [2.75, 3.05) is 7.11 Å². The van der Waals surface area contributed by atoms with Crippen molar-refractivity contribution >= 4 is 66.9 Å². The van der Waals surface area contributed by atoms with Crippen LogP contribution in [0.15, 0.2) is 60.7 Å². The number of esters is 3. The second-order valence-corrected chi connectivity index (χ2v) is 18.2. The van der Waals surface area contributed by atoms with Crippen molar-refractivity contribution < 1.29 is 42.5 Å². The van der Waals surface area contributed by atoms with Gasteiger partial charge in [0.2, 0.25) is 18.3 Å². The summed E-state index contributed by atoms with van der Waals surface area (Å²) in [6.45, 7) is 9.76. The minimum absolute atomic E-state index is 0.155. The molecule has 1 heterocycles. The van der Waals surface area contributed by atoms with Gasteiger partial charge in [0.1, 0.15) is 6.10 Å². The van der Waals surface area contributed by atoms with Crippen molar-refractivity contribution in [3.8, 4) is 0 Å². The molecule has 0 aromatic heterocycles. The number of hydrogen-bond acceptors (Lipinski definition) is 10. The van der Waals surface area contributed by atoms with Crippen LogP contribution in [0.5, 0.6) is 0 Å². The number of methoxy groups -OCH3 is 1. The standard InChI is InChI=1S/C29H34Cl3NO9Si/c1-28(2,3)43(5,6)42-20-19(38-23(34)17-13-9-7-10-14-17)22(39-24(35)18-15-11-8-12-16-18)26(40-21(20)25(36)37-4)41-27(33)29(30,31)32/h7-16,19-22,26,33H,1-6H3/t19-,20+,21?,22?,26-/m0/s1. The van der Waals surface area contributed by atoms with Gasteiger partial charge in [-0.3, -0.25) is 5.41 Å². The van der Waals surface area contributed by atoms with E-state index in [2.05, 4.69) is 0 Å². The third-order valence-corrected chi connectivity index (χ3v) is 12.2. The normalized spacial score (nSPS) is 22.7. The number of hydrogen-bond donors (Lipinski definition) is 1. The van der Waals surface area contributed by atoms with Crippen molar-refractivity contribution in [3.05, 3.63) is 71.8 Å². The largest absolute Gasteiger partial charge is 0.467 e. The maximum atomic E-state index is 13.4. The van der Waals surface area contributed by atoms with Gasteiger partial charge < -0.3 is 28.1 Å². The van der Waals surface area contributed by atoms with Gasteiger partial charge in [0.25, 0.3) is 3.79 Å². The van der Waals surface area contributed by atoms with E-state index in [0.717, 1.165) is 7.11 Å². The molecule has 14 heteroatoms. The summed E-state index contributed by atoms with van der Waals surface area (Å²) in [4.78, 5) is 39.9. The third kappa shape index (κ3) is 8.71. The molecule has 2 aromatic carbocycles. The van der Waals surface area contributed by atoms with Crippen LogP contribution in [0.1, 0.15) is 41.5 Å². The Balaban J connectivity index is 2.18. The highest BCUT2D eigenvalue weighted by atomic mass is 35.6. The van der Waals surface area contributed by atoms with Crippen LogP contribution in [-0.4, -0.2) is 73.7 Å². The first-order valence-corrected chi connectivity index (χ1v) is 17.3. The Hall–Kier alpha value is -2.67. The lowest BCUT2D eigenvalue weighted by molar-refractivity contribution is -0.272. The highest BCUT2D eigenvalue weighted by Gasteiger charge is 2.58. The fourth-order valence-electron chi connectivity index (χ4n) is 3.83.